The van der Waals surface area contributed by atoms with Crippen molar-refractivity contribution in [2.45, 2.75) is 25.4 Å². The lowest BCUT2D eigenvalue weighted by atomic mass is 10.0. The largest absolute Gasteiger partial charge is 0.357 e. The van der Waals surface area contributed by atoms with Crippen molar-refractivity contribution < 1.29 is 4.39 Å². The van der Waals surface area contributed by atoms with E-state index < -0.39 is 0 Å². The lowest BCUT2D eigenvalue weighted by molar-refractivity contribution is 0.180. The van der Waals surface area contributed by atoms with Gasteiger partial charge < -0.3 is 9.88 Å². The Morgan fingerprint density at radius 1 is 0.970 bits per heavy atom. The van der Waals surface area contributed by atoms with E-state index in [4.69, 9.17) is 9.97 Å². The zero-order valence-electron chi connectivity index (χ0n) is 18.7. The predicted molar refractivity (Wildman–Crippen MR) is 128 cm³/mol. The standard InChI is InChI=1S/C26H27FN6/c1-28-26-29-14-11-23(31-26)25-24(20-7-9-21(27)10-8-20)30-18-33(25)22-12-15-32(16-13-22)17-19-5-3-2-4-6-19/h2-11,14,18,22H,12-13,15-17H2,1H3,(H,28,29,31). The zero-order valence-corrected chi connectivity index (χ0v) is 18.7. The number of rotatable bonds is 6. The minimum absolute atomic E-state index is 0.259. The molecule has 1 aliphatic heterocycles. The molecule has 0 radical (unpaired) electrons. The number of imidazole rings is 1. The Morgan fingerprint density at radius 2 is 1.73 bits per heavy atom. The van der Waals surface area contributed by atoms with Crippen LogP contribution in [0, 0.1) is 5.82 Å². The number of hydrogen-bond donors (Lipinski definition) is 1. The third kappa shape index (κ3) is 4.64. The maximum atomic E-state index is 13.6. The summed E-state index contributed by atoms with van der Waals surface area (Å²) in [5, 5.41) is 3.02. The highest BCUT2D eigenvalue weighted by Gasteiger charge is 2.26. The Bertz CT molecular complexity index is 1200. The quantitative estimate of drug-likeness (QED) is 0.454. The highest BCUT2D eigenvalue weighted by molar-refractivity contribution is 5.77. The monoisotopic (exact) mass is 442 g/mol. The molecule has 33 heavy (non-hydrogen) atoms. The van der Waals surface area contributed by atoms with Crippen molar-refractivity contribution in [1.82, 2.24) is 24.4 Å². The SMILES string of the molecule is CNc1nccc(-c2c(-c3ccc(F)cc3)ncn2C2CCN(Cc3ccccc3)CC2)n1. The number of aromatic nitrogens is 4. The first-order valence-corrected chi connectivity index (χ1v) is 11.3. The molecule has 0 bridgehead atoms. The molecule has 0 aliphatic carbocycles. The summed E-state index contributed by atoms with van der Waals surface area (Å²) >= 11 is 0. The second kappa shape index (κ2) is 9.50. The number of nitrogens with one attached hydrogen (secondary N) is 1. The number of piperidine rings is 1. The Balaban J connectivity index is 1.44. The van der Waals surface area contributed by atoms with E-state index in [1.54, 1.807) is 25.4 Å². The van der Waals surface area contributed by atoms with Gasteiger partial charge in [-0.1, -0.05) is 30.3 Å². The van der Waals surface area contributed by atoms with Gasteiger partial charge in [0.25, 0.3) is 0 Å². The normalized spacial score (nSPS) is 15.0. The van der Waals surface area contributed by atoms with Crippen molar-refractivity contribution in [3.05, 3.63) is 84.6 Å². The lowest BCUT2D eigenvalue weighted by Gasteiger charge is -2.33. The van der Waals surface area contributed by atoms with Crippen molar-refractivity contribution in [2.75, 3.05) is 25.5 Å². The smallest absolute Gasteiger partial charge is 0.222 e. The third-order valence-electron chi connectivity index (χ3n) is 6.23. The molecule has 0 atom stereocenters. The number of hydrogen-bond acceptors (Lipinski definition) is 5. The van der Waals surface area contributed by atoms with E-state index in [1.165, 1.54) is 17.7 Å². The van der Waals surface area contributed by atoms with Gasteiger partial charge in [0.1, 0.15) is 5.82 Å². The highest BCUT2D eigenvalue weighted by Crippen LogP contribution is 2.35. The van der Waals surface area contributed by atoms with E-state index in [0.29, 0.717) is 12.0 Å². The first-order valence-electron chi connectivity index (χ1n) is 11.3. The average molecular weight is 443 g/mol. The number of likely N-dealkylation sites (tertiary alicyclic amines) is 1. The van der Waals surface area contributed by atoms with Crippen molar-refractivity contribution in [2.24, 2.45) is 0 Å². The summed E-state index contributed by atoms with van der Waals surface area (Å²) in [6.07, 6.45) is 5.72. The number of halogens is 1. The topological polar surface area (TPSA) is 58.9 Å². The van der Waals surface area contributed by atoms with Crippen LogP contribution in [0.2, 0.25) is 0 Å². The first-order chi connectivity index (χ1) is 16.2. The summed E-state index contributed by atoms with van der Waals surface area (Å²) < 4.78 is 15.8. The maximum absolute atomic E-state index is 13.6. The summed E-state index contributed by atoms with van der Waals surface area (Å²) in [5.41, 5.74) is 4.78. The van der Waals surface area contributed by atoms with Crippen LogP contribution in [0.3, 0.4) is 0 Å². The van der Waals surface area contributed by atoms with Gasteiger partial charge >= 0.3 is 0 Å². The Labute approximate surface area is 193 Å². The molecule has 2 aromatic carbocycles. The molecule has 0 unspecified atom stereocenters. The van der Waals surface area contributed by atoms with E-state index in [9.17, 15) is 4.39 Å². The van der Waals surface area contributed by atoms with Crippen LogP contribution in [0.25, 0.3) is 22.6 Å². The van der Waals surface area contributed by atoms with Gasteiger partial charge in [-0.25, -0.2) is 19.3 Å². The van der Waals surface area contributed by atoms with E-state index in [2.05, 4.69) is 50.1 Å². The number of benzene rings is 2. The van der Waals surface area contributed by atoms with Gasteiger partial charge in [0.2, 0.25) is 5.95 Å². The highest BCUT2D eigenvalue weighted by atomic mass is 19.1. The molecule has 7 heteroatoms. The maximum Gasteiger partial charge on any atom is 0.222 e. The molecule has 2 aromatic heterocycles. The van der Waals surface area contributed by atoms with Crippen LogP contribution in [0.15, 0.2) is 73.2 Å². The van der Waals surface area contributed by atoms with Crippen LogP contribution in [0.4, 0.5) is 10.3 Å². The van der Waals surface area contributed by atoms with Crippen LogP contribution in [0.5, 0.6) is 0 Å². The van der Waals surface area contributed by atoms with Crippen LogP contribution < -0.4 is 5.32 Å². The molecule has 1 saturated heterocycles. The molecular formula is C26H27FN6. The number of nitrogens with zero attached hydrogens (tertiary/aromatic N) is 5. The Morgan fingerprint density at radius 3 is 2.45 bits per heavy atom. The molecule has 0 saturated carbocycles. The second-order valence-corrected chi connectivity index (χ2v) is 8.36. The number of anilines is 1. The van der Waals surface area contributed by atoms with Gasteiger partial charge in [0.05, 0.1) is 23.4 Å². The fraction of sp³-hybridized carbons (Fsp3) is 0.269. The molecule has 4 aromatic rings. The average Bonchev–Trinajstić information content (AvgIpc) is 3.31. The van der Waals surface area contributed by atoms with Gasteiger partial charge in [-0.05, 0) is 48.7 Å². The summed E-state index contributed by atoms with van der Waals surface area (Å²) in [7, 11) is 1.81. The van der Waals surface area contributed by atoms with Crippen molar-refractivity contribution in [1.29, 1.82) is 0 Å². The van der Waals surface area contributed by atoms with E-state index in [-0.39, 0.29) is 5.82 Å². The molecular weight excluding hydrogens is 415 g/mol. The van der Waals surface area contributed by atoms with Crippen LogP contribution in [0.1, 0.15) is 24.4 Å². The molecule has 5 rings (SSSR count). The van der Waals surface area contributed by atoms with Crippen LogP contribution in [-0.2, 0) is 6.54 Å². The zero-order chi connectivity index (χ0) is 22.6. The molecule has 6 nitrogen and oxygen atoms in total. The van der Waals surface area contributed by atoms with Gasteiger partial charge in [-0.2, -0.15) is 0 Å². The summed E-state index contributed by atoms with van der Waals surface area (Å²) in [6, 6.07) is 19.3. The second-order valence-electron chi connectivity index (χ2n) is 8.36. The van der Waals surface area contributed by atoms with Gasteiger partial charge in [-0.15, -0.1) is 0 Å². The van der Waals surface area contributed by atoms with E-state index in [1.807, 2.05) is 12.4 Å². The van der Waals surface area contributed by atoms with E-state index >= 15 is 0 Å². The van der Waals surface area contributed by atoms with Crippen LogP contribution in [-0.4, -0.2) is 44.6 Å². The molecule has 1 aliphatic rings. The first kappa shape index (κ1) is 21.3. The molecule has 168 valence electrons. The fourth-order valence-electron chi connectivity index (χ4n) is 4.52. The van der Waals surface area contributed by atoms with Crippen LogP contribution >= 0.6 is 0 Å². The van der Waals surface area contributed by atoms with Crippen molar-refractivity contribution >= 4 is 5.95 Å². The molecule has 1 fully saturated rings. The summed E-state index contributed by atoms with van der Waals surface area (Å²) in [5.74, 6) is 0.299. The minimum Gasteiger partial charge on any atom is -0.357 e. The van der Waals surface area contributed by atoms with Gasteiger partial charge in [0, 0.05) is 44.5 Å². The molecule has 0 spiro atoms. The minimum atomic E-state index is -0.259. The van der Waals surface area contributed by atoms with Gasteiger partial charge in [0.15, 0.2) is 0 Å². The fourth-order valence-corrected chi connectivity index (χ4v) is 4.52. The molecule has 0 amide bonds. The van der Waals surface area contributed by atoms with Crippen molar-refractivity contribution in [3.63, 3.8) is 0 Å². The predicted octanol–water partition coefficient (Wildman–Crippen LogP) is 5.03. The molecule has 3 heterocycles. The van der Waals surface area contributed by atoms with Crippen molar-refractivity contribution in [3.8, 4) is 22.6 Å². The third-order valence-corrected chi connectivity index (χ3v) is 6.23. The summed E-state index contributed by atoms with van der Waals surface area (Å²) in [4.78, 5) is 16.2. The lowest BCUT2D eigenvalue weighted by Crippen LogP contribution is -2.34. The Hall–Kier alpha value is -3.58. The Kier molecular flexibility index (Phi) is 6.13. The van der Waals surface area contributed by atoms with Gasteiger partial charge in [-0.3, -0.25) is 4.90 Å². The molecule has 1 N–H and O–H groups in total. The summed E-state index contributed by atoms with van der Waals surface area (Å²) in [6.45, 7) is 3.02. The van der Waals surface area contributed by atoms with E-state index in [0.717, 1.165) is 55.1 Å².